The molecule has 0 fully saturated rings. The van der Waals surface area contributed by atoms with Crippen molar-refractivity contribution >= 4 is 33.4 Å². The van der Waals surface area contributed by atoms with Crippen molar-refractivity contribution in [2.45, 2.75) is 19.1 Å². The van der Waals surface area contributed by atoms with Crippen LogP contribution in [0.2, 0.25) is 0 Å². The van der Waals surface area contributed by atoms with E-state index in [1.807, 2.05) is 0 Å². The summed E-state index contributed by atoms with van der Waals surface area (Å²) >= 11 is 0. The largest absolute Gasteiger partial charge is 0.467 e. The van der Waals surface area contributed by atoms with Crippen molar-refractivity contribution in [3.63, 3.8) is 0 Å². The van der Waals surface area contributed by atoms with E-state index in [2.05, 4.69) is 162 Å². The highest BCUT2D eigenvalue weighted by atomic mass is 16.5. The first-order valence-electron chi connectivity index (χ1n) is 15.8. The van der Waals surface area contributed by atoms with Gasteiger partial charge in [0.05, 0.1) is 41.5 Å². The van der Waals surface area contributed by atoms with E-state index in [1.165, 1.54) is 33.0 Å². The Morgan fingerprint density at radius 3 is 2.07 bits per heavy atom. The molecule has 0 saturated heterocycles. The molecule has 3 aliphatic heterocycles. The Kier molecular flexibility index (Phi) is 5.18. The number of fused-ring (bicyclic) bond motifs is 8. The van der Waals surface area contributed by atoms with Crippen LogP contribution in [-0.4, -0.2) is 10.8 Å². The van der Waals surface area contributed by atoms with Crippen LogP contribution < -0.4 is 14.2 Å². The Balaban J connectivity index is 1.15. The molecular formula is C41H30N3O2+. The molecule has 0 amide bonds. The molecule has 5 aromatic carbocycles. The average Bonchev–Trinajstić information content (AvgIpc) is 3.74. The molecule has 46 heavy (non-hydrogen) atoms. The highest BCUT2D eigenvalue weighted by molar-refractivity contribution is 6.07. The number of aryl methyl sites for hydroxylation is 1. The molecule has 0 aliphatic carbocycles. The van der Waals surface area contributed by atoms with Crippen LogP contribution >= 0.6 is 0 Å². The minimum atomic E-state index is -0.231. The summed E-state index contributed by atoms with van der Waals surface area (Å²) in [6, 6.07) is 45.1. The van der Waals surface area contributed by atoms with Gasteiger partial charge in [0, 0.05) is 16.5 Å². The van der Waals surface area contributed by atoms with Crippen molar-refractivity contribution in [1.82, 2.24) is 4.57 Å². The highest BCUT2D eigenvalue weighted by Gasteiger charge is 2.52. The van der Waals surface area contributed by atoms with Crippen molar-refractivity contribution < 1.29 is 14.0 Å². The maximum Gasteiger partial charge on any atom is 0.294 e. The van der Waals surface area contributed by atoms with Gasteiger partial charge in [-0.15, -0.1) is 0 Å². The van der Waals surface area contributed by atoms with Crippen LogP contribution in [0.5, 0.6) is 11.5 Å². The maximum absolute atomic E-state index is 7.07. The van der Waals surface area contributed by atoms with Gasteiger partial charge in [-0.25, -0.2) is 4.57 Å². The molecule has 3 aliphatic rings. The van der Waals surface area contributed by atoms with Gasteiger partial charge in [-0.3, -0.25) is 0 Å². The monoisotopic (exact) mass is 596 g/mol. The fourth-order valence-electron chi connectivity index (χ4n) is 7.98. The van der Waals surface area contributed by atoms with Gasteiger partial charge in [-0.2, -0.15) is 4.57 Å². The van der Waals surface area contributed by atoms with Crippen molar-refractivity contribution in [2.24, 2.45) is 7.05 Å². The first-order valence-corrected chi connectivity index (χ1v) is 15.8. The summed E-state index contributed by atoms with van der Waals surface area (Å²) < 4.78 is 18.4. The SMILES string of the molecule is CC1=C(c2ccc(-c3ccccc3)cc2)OC2C3c4c(cccc4N12)Oc1cccc(-n2c4ccccc4c4ccc[n+](C)c42)c13. The van der Waals surface area contributed by atoms with E-state index in [9.17, 15) is 0 Å². The number of rotatable bonds is 3. The van der Waals surface area contributed by atoms with Crippen molar-refractivity contribution in [1.29, 1.82) is 0 Å². The number of aromatic nitrogens is 2. The van der Waals surface area contributed by atoms with E-state index in [4.69, 9.17) is 9.47 Å². The lowest BCUT2D eigenvalue weighted by molar-refractivity contribution is -0.647. The molecule has 2 atom stereocenters. The smallest absolute Gasteiger partial charge is 0.294 e. The van der Waals surface area contributed by atoms with E-state index in [0.29, 0.717) is 0 Å². The number of anilines is 1. The molecular weight excluding hydrogens is 566 g/mol. The number of para-hydroxylation sites is 1. The quantitative estimate of drug-likeness (QED) is 0.191. The molecule has 0 N–H and O–H groups in total. The van der Waals surface area contributed by atoms with Crippen molar-refractivity contribution in [2.75, 3.05) is 4.90 Å². The number of hydrogen-bond donors (Lipinski definition) is 0. The third-order valence-corrected chi connectivity index (χ3v) is 9.95. The first-order chi connectivity index (χ1) is 22.7. The van der Waals surface area contributed by atoms with Crippen molar-refractivity contribution in [3.8, 4) is 28.3 Å². The highest BCUT2D eigenvalue weighted by Crippen LogP contribution is 2.60. The van der Waals surface area contributed by atoms with Crippen LogP contribution in [-0.2, 0) is 11.8 Å². The van der Waals surface area contributed by atoms with E-state index in [1.54, 1.807) is 0 Å². The van der Waals surface area contributed by atoms with Gasteiger partial charge in [-0.05, 0) is 66.6 Å². The predicted octanol–water partition coefficient (Wildman–Crippen LogP) is 9.08. The molecule has 0 radical (unpaired) electrons. The minimum Gasteiger partial charge on any atom is -0.467 e. The Labute approximate surface area is 266 Å². The van der Waals surface area contributed by atoms with Gasteiger partial charge in [0.2, 0.25) is 0 Å². The molecule has 5 heteroatoms. The Hall–Kier alpha value is -5.81. The van der Waals surface area contributed by atoms with Crippen LogP contribution in [0.4, 0.5) is 5.69 Å². The minimum absolute atomic E-state index is 0.0487. The summed E-state index contributed by atoms with van der Waals surface area (Å²) in [6.07, 6.45) is 1.89. The lowest BCUT2D eigenvalue weighted by Gasteiger charge is -2.29. The standard InChI is InChI=1S/C41H30N3O2/c1-25-39(28-22-20-27(21-23-28)26-11-4-3-5-12-26)46-41-38-36-32(43(25)41)16-8-18-34(36)45-35-19-9-17-33(37(35)38)44-31-15-7-6-13-29(31)30-14-10-24-42(2)40(30)44/h3-24,38,41H,1-2H3/q+1. The fraction of sp³-hybridized carbons (Fsp3) is 0.0976. The average molecular weight is 597 g/mol. The summed E-state index contributed by atoms with van der Waals surface area (Å²) in [6.45, 7) is 2.18. The Morgan fingerprint density at radius 2 is 1.26 bits per heavy atom. The van der Waals surface area contributed by atoms with Gasteiger partial charge in [0.15, 0.2) is 6.23 Å². The van der Waals surface area contributed by atoms with Crippen LogP contribution in [0.25, 0.3) is 44.5 Å². The molecule has 220 valence electrons. The third kappa shape index (κ3) is 3.37. The molecule has 0 saturated carbocycles. The van der Waals surface area contributed by atoms with Crippen molar-refractivity contribution in [3.05, 3.63) is 156 Å². The lowest BCUT2D eigenvalue weighted by atomic mass is 9.87. The number of pyridine rings is 1. The number of benzene rings is 5. The number of hydrogen-bond acceptors (Lipinski definition) is 3. The molecule has 5 heterocycles. The maximum atomic E-state index is 7.07. The zero-order valence-electron chi connectivity index (χ0n) is 25.5. The zero-order valence-corrected chi connectivity index (χ0v) is 25.5. The van der Waals surface area contributed by atoms with E-state index < -0.39 is 0 Å². The lowest BCUT2D eigenvalue weighted by Crippen LogP contribution is -2.32. The van der Waals surface area contributed by atoms with Crippen LogP contribution in [0.1, 0.15) is 29.5 Å². The Bertz CT molecular complexity index is 2410. The molecule has 0 bridgehead atoms. The summed E-state index contributed by atoms with van der Waals surface area (Å²) in [5.41, 5.74) is 11.5. The number of ether oxygens (including phenoxy) is 2. The fourth-order valence-corrected chi connectivity index (χ4v) is 7.98. The van der Waals surface area contributed by atoms with E-state index >= 15 is 0 Å². The second kappa shape index (κ2) is 9.35. The topological polar surface area (TPSA) is 30.5 Å². The van der Waals surface area contributed by atoms with Gasteiger partial charge in [-0.1, -0.05) is 78.9 Å². The summed E-state index contributed by atoms with van der Waals surface area (Å²) in [7, 11) is 2.12. The molecule has 10 rings (SSSR count). The van der Waals surface area contributed by atoms with Crippen LogP contribution in [0.3, 0.4) is 0 Å². The van der Waals surface area contributed by atoms with Gasteiger partial charge in [0.1, 0.15) is 28.5 Å². The molecule has 0 spiro atoms. The molecule has 2 unspecified atom stereocenters. The predicted molar refractivity (Wildman–Crippen MR) is 182 cm³/mol. The van der Waals surface area contributed by atoms with Gasteiger partial charge < -0.3 is 14.4 Å². The van der Waals surface area contributed by atoms with E-state index in [-0.39, 0.29) is 12.1 Å². The van der Waals surface area contributed by atoms with E-state index in [0.717, 1.165) is 51.1 Å². The first kappa shape index (κ1) is 25.5. The molecule has 2 aromatic heterocycles. The zero-order chi connectivity index (χ0) is 30.5. The van der Waals surface area contributed by atoms with Gasteiger partial charge in [0.25, 0.3) is 5.65 Å². The molecule has 7 aromatic rings. The Morgan fingerprint density at radius 1 is 0.609 bits per heavy atom. The normalized spacial score (nSPS) is 17.6. The molecule has 5 nitrogen and oxygen atoms in total. The second-order valence-electron chi connectivity index (χ2n) is 12.4. The summed E-state index contributed by atoms with van der Waals surface area (Å²) in [5.74, 6) is 2.65. The summed E-state index contributed by atoms with van der Waals surface area (Å²) in [4.78, 5) is 2.38. The van der Waals surface area contributed by atoms with Crippen LogP contribution in [0, 0.1) is 0 Å². The van der Waals surface area contributed by atoms with Gasteiger partial charge >= 0.3 is 0 Å². The second-order valence-corrected chi connectivity index (χ2v) is 12.4. The van der Waals surface area contributed by atoms with Crippen LogP contribution in [0.15, 0.2) is 139 Å². The number of allylic oxidation sites excluding steroid dienone is 1. The summed E-state index contributed by atoms with van der Waals surface area (Å²) in [5, 5.41) is 2.45. The number of nitrogens with zero attached hydrogens (tertiary/aromatic N) is 3. The third-order valence-electron chi connectivity index (χ3n) is 9.95.